The van der Waals surface area contributed by atoms with Crippen molar-refractivity contribution >= 4 is 23.3 Å². The summed E-state index contributed by atoms with van der Waals surface area (Å²) in [6.45, 7) is 7.98. The Morgan fingerprint density at radius 3 is 2.56 bits per heavy atom. The second-order valence-electron chi connectivity index (χ2n) is 9.15. The predicted molar refractivity (Wildman–Crippen MR) is 137 cm³/mol. The van der Waals surface area contributed by atoms with Crippen LogP contribution in [0.5, 0.6) is 5.75 Å². The zero-order chi connectivity index (χ0) is 26.0. The number of nitro benzene ring substituents is 1. The highest BCUT2D eigenvalue weighted by molar-refractivity contribution is 5.97. The topological polar surface area (TPSA) is 102 Å². The van der Waals surface area contributed by atoms with E-state index in [0.717, 1.165) is 39.8 Å². The van der Waals surface area contributed by atoms with E-state index in [4.69, 9.17) is 4.74 Å². The quantitative estimate of drug-likeness (QED) is 0.222. The summed E-state index contributed by atoms with van der Waals surface area (Å²) < 4.78 is 5.38. The lowest BCUT2D eigenvalue weighted by molar-refractivity contribution is -0.384. The van der Waals surface area contributed by atoms with Gasteiger partial charge in [-0.15, -0.1) is 0 Å². The van der Waals surface area contributed by atoms with Crippen molar-refractivity contribution in [2.75, 3.05) is 11.9 Å². The van der Waals surface area contributed by atoms with Crippen LogP contribution in [-0.2, 0) is 22.6 Å². The van der Waals surface area contributed by atoms with E-state index < -0.39 is 16.9 Å². The molecule has 0 bridgehead atoms. The number of amides is 1. The molecular weight excluding hydrogens is 458 g/mol. The number of benzene rings is 3. The number of hydrogen-bond acceptors (Lipinski definition) is 6. The molecule has 8 heteroatoms. The zero-order valence-corrected chi connectivity index (χ0v) is 20.8. The van der Waals surface area contributed by atoms with Crippen molar-refractivity contribution in [3.05, 3.63) is 98.1 Å². The maximum absolute atomic E-state index is 13.8. The Labute approximate surface area is 210 Å². The molecule has 1 amide bonds. The van der Waals surface area contributed by atoms with Crippen LogP contribution in [0.25, 0.3) is 0 Å². The molecule has 4 rings (SSSR count). The molecule has 0 radical (unpaired) electrons. The average molecular weight is 488 g/mol. The van der Waals surface area contributed by atoms with E-state index >= 15 is 0 Å². The minimum absolute atomic E-state index is 0.0281. The molecule has 1 atom stereocenters. The number of hydrogen-bond donors (Lipinski definition) is 1. The van der Waals surface area contributed by atoms with E-state index in [1.807, 2.05) is 57.2 Å². The highest BCUT2D eigenvalue weighted by Gasteiger charge is 2.33. The van der Waals surface area contributed by atoms with Gasteiger partial charge in [-0.05, 0) is 66.6 Å². The normalized spacial score (nSPS) is 15.2. The number of nitrogens with zero attached hydrogens (tertiary/aromatic N) is 2. The van der Waals surface area contributed by atoms with E-state index in [1.54, 1.807) is 12.1 Å². The van der Waals surface area contributed by atoms with E-state index in [2.05, 4.69) is 10.2 Å². The molecule has 0 fully saturated rings. The van der Waals surface area contributed by atoms with Gasteiger partial charge in [0.05, 0.1) is 4.92 Å². The summed E-state index contributed by atoms with van der Waals surface area (Å²) in [4.78, 5) is 38.2. The lowest BCUT2D eigenvalue weighted by Crippen LogP contribution is -2.41. The number of rotatable bonds is 6. The minimum atomic E-state index is -0.567. The molecule has 0 aromatic heterocycles. The van der Waals surface area contributed by atoms with Crippen molar-refractivity contribution in [2.24, 2.45) is 0 Å². The standard InChI is InChI=1S/C28H29N3O5/c1-17-14-25(18(2)19(3)27(17)36-20(4)32)29-28(33)26-24-11-6-5-9-22(24)12-13-30(26)16-21-8-7-10-23(15-21)31(34)35/h5-11,14-15,26H,12-13,16H2,1-4H3,(H,29,33). The van der Waals surface area contributed by atoms with Gasteiger partial charge in [0, 0.05) is 37.8 Å². The zero-order valence-electron chi connectivity index (χ0n) is 20.8. The van der Waals surface area contributed by atoms with Crippen molar-refractivity contribution in [1.29, 1.82) is 0 Å². The van der Waals surface area contributed by atoms with Crippen molar-refractivity contribution in [1.82, 2.24) is 4.90 Å². The van der Waals surface area contributed by atoms with Gasteiger partial charge in [-0.3, -0.25) is 24.6 Å². The van der Waals surface area contributed by atoms with E-state index in [-0.39, 0.29) is 11.6 Å². The first kappa shape index (κ1) is 25.1. The minimum Gasteiger partial charge on any atom is -0.426 e. The number of anilines is 1. The van der Waals surface area contributed by atoms with Crippen LogP contribution in [0, 0.1) is 30.9 Å². The van der Waals surface area contributed by atoms with Crippen LogP contribution in [-0.4, -0.2) is 28.2 Å². The van der Waals surface area contributed by atoms with E-state index in [1.165, 1.54) is 13.0 Å². The highest BCUT2D eigenvalue weighted by Crippen LogP contribution is 2.35. The third-order valence-electron chi connectivity index (χ3n) is 6.67. The van der Waals surface area contributed by atoms with Crippen molar-refractivity contribution < 1.29 is 19.2 Å². The maximum atomic E-state index is 13.8. The fourth-order valence-corrected chi connectivity index (χ4v) is 4.79. The molecule has 3 aromatic carbocycles. The first-order valence-electron chi connectivity index (χ1n) is 11.8. The van der Waals surface area contributed by atoms with Gasteiger partial charge in [0.1, 0.15) is 11.8 Å². The van der Waals surface area contributed by atoms with Crippen molar-refractivity contribution in [2.45, 2.75) is 46.7 Å². The summed E-state index contributed by atoms with van der Waals surface area (Å²) in [7, 11) is 0. The fourth-order valence-electron chi connectivity index (χ4n) is 4.79. The van der Waals surface area contributed by atoms with Gasteiger partial charge >= 0.3 is 5.97 Å². The highest BCUT2D eigenvalue weighted by atomic mass is 16.6. The second-order valence-corrected chi connectivity index (χ2v) is 9.15. The molecule has 0 aliphatic carbocycles. The number of nitro groups is 1. The third-order valence-corrected chi connectivity index (χ3v) is 6.67. The Bertz CT molecular complexity index is 1350. The van der Waals surface area contributed by atoms with E-state index in [0.29, 0.717) is 24.5 Å². The molecule has 36 heavy (non-hydrogen) atoms. The fraction of sp³-hybridized carbons (Fsp3) is 0.286. The Hall–Kier alpha value is -4.04. The number of non-ortho nitro benzene ring substituents is 1. The van der Waals surface area contributed by atoms with E-state index in [9.17, 15) is 19.7 Å². The van der Waals surface area contributed by atoms with Gasteiger partial charge in [-0.25, -0.2) is 0 Å². The maximum Gasteiger partial charge on any atom is 0.308 e. The molecule has 0 saturated carbocycles. The number of ether oxygens (including phenoxy) is 1. The van der Waals surface area contributed by atoms with Crippen molar-refractivity contribution in [3.8, 4) is 5.75 Å². The second kappa shape index (κ2) is 10.3. The summed E-state index contributed by atoms with van der Waals surface area (Å²) in [6.07, 6.45) is 0.781. The van der Waals surface area contributed by atoms with Crippen LogP contribution < -0.4 is 10.1 Å². The summed E-state index contributed by atoms with van der Waals surface area (Å²) in [5.41, 5.74) is 5.86. The molecule has 0 saturated heterocycles. The molecule has 1 aliphatic heterocycles. The average Bonchev–Trinajstić information content (AvgIpc) is 2.84. The summed E-state index contributed by atoms with van der Waals surface area (Å²) in [5, 5.41) is 14.4. The largest absolute Gasteiger partial charge is 0.426 e. The van der Waals surface area contributed by atoms with Gasteiger partial charge in [-0.1, -0.05) is 36.4 Å². The monoisotopic (exact) mass is 487 g/mol. The Balaban J connectivity index is 1.67. The van der Waals surface area contributed by atoms with Crippen LogP contribution in [0.15, 0.2) is 54.6 Å². The van der Waals surface area contributed by atoms with Gasteiger partial charge < -0.3 is 10.1 Å². The molecule has 8 nitrogen and oxygen atoms in total. The summed E-state index contributed by atoms with van der Waals surface area (Å²) in [6, 6.07) is 15.7. The summed E-state index contributed by atoms with van der Waals surface area (Å²) in [5.74, 6) is -0.0731. The van der Waals surface area contributed by atoms with Crippen LogP contribution in [0.1, 0.15) is 46.3 Å². The van der Waals surface area contributed by atoms with Crippen LogP contribution >= 0.6 is 0 Å². The van der Waals surface area contributed by atoms with Gasteiger partial charge in [0.15, 0.2) is 0 Å². The molecular formula is C28H29N3O5. The van der Waals surface area contributed by atoms with Gasteiger partial charge in [0.25, 0.3) is 5.69 Å². The predicted octanol–water partition coefficient (Wildman–Crippen LogP) is 5.18. The molecule has 1 heterocycles. The number of carbonyl (C=O) groups excluding carboxylic acids is 2. The molecule has 1 aliphatic rings. The number of fused-ring (bicyclic) bond motifs is 1. The van der Waals surface area contributed by atoms with Gasteiger partial charge in [-0.2, -0.15) is 0 Å². The molecule has 1 N–H and O–H groups in total. The van der Waals surface area contributed by atoms with Gasteiger partial charge in [0.2, 0.25) is 5.91 Å². The Morgan fingerprint density at radius 2 is 1.83 bits per heavy atom. The first-order chi connectivity index (χ1) is 17.2. The molecule has 1 unspecified atom stereocenters. The lowest BCUT2D eigenvalue weighted by atomic mass is 9.91. The molecule has 0 spiro atoms. The lowest BCUT2D eigenvalue weighted by Gasteiger charge is -2.36. The van der Waals surface area contributed by atoms with Crippen molar-refractivity contribution in [3.63, 3.8) is 0 Å². The van der Waals surface area contributed by atoms with Crippen LogP contribution in [0.3, 0.4) is 0 Å². The van der Waals surface area contributed by atoms with Crippen LogP contribution in [0.4, 0.5) is 11.4 Å². The summed E-state index contributed by atoms with van der Waals surface area (Å²) >= 11 is 0. The SMILES string of the molecule is CC(=O)Oc1c(C)cc(NC(=O)C2c3ccccc3CCN2Cc2cccc([N+](=O)[O-])c2)c(C)c1C. The smallest absolute Gasteiger partial charge is 0.308 e. The third kappa shape index (κ3) is 5.13. The number of nitrogens with one attached hydrogen (secondary N) is 1. The van der Waals surface area contributed by atoms with Crippen LogP contribution in [0.2, 0.25) is 0 Å². The number of esters is 1. The first-order valence-corrected chi connectivity index (χ1v) is 11.8. The molecule has 3 aromatic rings. The number of aryl methyl sites for hydroxylation is 1. The Kier molecular flexibility index (Phi) is 7.17. The number of carbonyl (C=O) groups is 2. The Morgan fingerprint density at radius 1 is 1.08 bits per heavy atom. The molecule has 186 valence electrons.